The molecule has 0 saturated carbocycles. The summed E-state index contributed by atoms with van der Waals surface area (Å²) in [4.78, 5) is 10.0. The standard InChI is InChI=1S/C44H26N2O/c1-3-16-35-33(14-1)40(30-11-7-10-29(26-30)31-18-8-19-37-32-13-5-6-20-39(32)47-44(31)37)34-15-2-4-17-36(34)41(35)38-24-23-28-22-21-27-12-9-25-45-42(27)43(28)46-38/h1-26H. The van der Waals surface area contributed by atoms with Gasteiger partial charge in [-0.25, -0.2) is 4.98 Å². The highest BCUT2D eigenvalue weighted by Gasteiger charge is 2.19. The van der Waals surface area contributed by atoms with Crippen molar-refractivity contribution in [1.82, 2.24) is 9.97 Å². The molecule has 0 N–H and O–H groups in total. The van der Waals surface area contributed by atoms with Crippen LogP contribution in [0.15, 0.2) is 162 Å². The van der Waals surface area contributed by atoms with Gasteiger partial charge in [-0.3, -0.25) is 4.98 Å². The van der Waals surface area contributed by atoms with Gasteiger partial charge in [-0.15, -0.1) is 0 Å². The summed E-state index contributed by atoms with van der Waals surface area (Å²) in [5.74, 6) is 0. The lowest BCUT2D eigenvalue weighted by molar-refractivity contribution is 0.670. The number of rotatable bonds is 3. The molecule has 47 heavy (non-hydrogen) atoms. The summed E-state index contributed by atoms with van der Waals surface area (Å²) in [6.45, 7) is 0. The van der Waals surface area contributed by atoms with E-state index in [0.29, 0.717) is 0 Å². The number of benzene rings is 7. The third kappa shape index (κ3) is 3.93. The zero-order valence-electron chi connectivity index (χ0n) is 25.3. The summed E-state index contributed by atoms with van der Waals surface area (Å²) in [5.41, 5.74) is 10.3. The number of furan rings is 1. The van der Waals surface area contributed by atoms with Crippen molar-refractivity contribution in [3.05, 3.63) is 158 Å². The van der Waals surface area contributed by atoms with E-state index in [0.717, 1.165) is 71.7 Å². The van der Waals surface area contributed by atoms with E-state index >= 15 is 0 Å². The second kappa shape index (κ2) is 10.1. The van der Waals surface area contributed by atoms with E-state index in [4.69, 9.17) is 14.4 Å². The number of hydrogen-bond acceptors (Lipinski definition) is 3. The second-order valence-corrected chi connectivity index (χ2v) is 12.1. The van der Waals surface area contributed by atoms with E-state index < -0.39 is 0 Å². The molecule has 0 fully saturated rings. The van der Waals surface area contributed by atoms with Crippen LogP contribution in [0.4, 0.5) is 0 Å². The van der Waals surface area contributed by atoms with E-state index in [-0.39, 0.29) is 0 Å². The average molecular weight is 599 g/mol. The molecule has 0 saturated heterocycles. The molecule has 10 rings (SSSR count). The lowest BCUT2D eigenvalue weighted by Gasteiger charge is -2.18. The third-order valence-corrected chi connectivity index (χ3v) is 9.49. The van der Waals surface area contributed by atoms with Crippen LogP contribution in [0.1, 0.15) is 0 Å². The minimum Gasteiger partial charge on any atom is -0.455 e. The Morgan fingerprint density at radius 1 is 0.426 bits per heavy atom. The zero-order chi connectivity index (χ0) is 30.9. The largest absolute Gasteiger partial charge is 0.455 e. The Labute approximate surface area is 270 Å². The van der Waals surface area contributed by atoms with Crippen molar-refractivity contribution in [2.75, 3.05) is 0 Å². The summed E-state index contributed by atoms with van der Waals surface area (Å²) in [6.07, 6.45) is 1.85. The summed E-state index contributed by atoms with van der Waals surface area (Å²) in [7, 11) is 0. The molecule has 0 bridgehead atoms. The lowest BCUT2D eigenvalue weighted by Crippen LogP contribution is -1.94. The van der Waals surface area contributed by atoms with Crippen molar-refractivity contribution in [2.24, 2.45) is 0 Å². The van der Waals surface area contributed by atoms with Gasteiger partial charge in [-0.1, -0.05) is 127 Å². The quantitative estimate of drug-likeness (QED) is 0.150. The van der Waals surface area contributed by atoms with E-state index in [2.05, 4.69) is 133 Å². The van der Waals surface area contributed by atoms with Crippen LogP contribution in [0.3, 0.4) is 0 Å². The Morgan fingerprint density at radius 2 is 1.04 bits per heavy atom. The van der Waals surface area contributed by atoms with Crippen molar-refractivity contribution in [3.8, 4) is 33.5 Å². The van der Waals surface area contributed by atoms with Crippen LogP contribution >= 0.6 is 0 Å². The minimum absolute atomic E-state index is 0.907. The highest BCUT2D eigenvalue weighted by Crippen LogP contribution is 2.45. The van der Waals surface area contributed by atoms with Gasteiger partial charge in [0.05, 0.1) is 16.7 Å². The molecule has 0 aliphatic carbocycles. The second-order valence-electron chi connectivity index (χ2n) is 12.1. The molecule has 218 valence electrons. The Kier molecular flexibility index (Phi) is 5.57. The maximum Gasteiger partial charge on any atom is 0.143 e. The first kappa shape index (κ1) is 26.0. The molecule has 3 nitrogen and oxygen atoms in total. The molecular weight excluding hydrogens is 572 g/mol. The first-order valence-electron chi connectivity index (χ1n) is 15.9. The van der Waals surface area contributed by atoms with E-state index in [9.17, 15) is 0 Å². The molecule has 0 spiro atoms. The van der Waals surface area contributed by atoms with Crippen LogP contribution in [0.5, 0.6) is 0 Å². The number of para-hydroxylation sites is 2. The summed E-state index contributed by atoms with van der Waals surface area (Å²) in [6, 6.07) is 53.7. The molecule has 3 heteroatoms. The topological polar surface area (TPSA) is 38.9 Å². The Bertz CT molecular complexity index is 2810. The fraction of sp³-hybridized carbons (Fsp3) is 0. The number of fused-ring (bicyclic) bond motifs is 8. The Balaban J connectivity index is 1.23. The fourth-order valence-electron chi connectivity index (χ4n) is 7.40. The number of nitrogens with zero attached hydrogens (tertiary/aromatic N) is 2. The molecule has 10 aromatic rings. The highest BCUT2D eigenvalue weighted by molar-refractivity contribution is 6.21. The van der Waals surface area contributed by atoms with E-state index in [1.165, 1.54) is 27.1 Å². The van der Waals surface area contributed by atoms with Gasteiger partial charge in [0.15, 0.2) is 0 Å². The predicted molar refractivity (Wildman–Crippen MR) is 196 cm³/mol. The first-order chi connectivity index (χ1) is 23.3. The molecule has 0 aliphatic rings. The number of aromatic nitrogens is 2. The van der Waals surface area contributed by atoms with E-state index in [1.54, 1.807) is 0 Å². The first-order valence-corrected chi connectivity index (χ1v) is 15.9. The van der Waals surface area contributed by atoms with Crippen LogP contribution in [0.25, 0.3) is 98.8 Å². The average Bonchev–Trinajstić information content (AvgIpc) is 3.52. The van der Waals surface area contributed by atoms with Crippen LogP contribution in [-0.4, -0.2) is 9.97 Å². The smallest absolute Gasteiger partial charge is 0.143 e. The molecule has 0 atom stereocenters. The molecule has 3 heterocycles. The number of hydrogen-bond donors (Lipinski definition) is 0. The van der Waals surface area contributed by atoms with Gasteiger partial charge in [0, 0.05) is 38.9 Å². The van der Waals surface area contributed by atoms with Crippen molar-refractivity contribution < 1.29 is 4.42 Å². The predicted octanol–water partition coefficient (Wildman–Crippen LogP) is 12.0. The normalized spacial score (nSPS) is 11.8. The SMILES string of the molecule is c1cc(-c2c3ccccc3c(-c3ccc4ccc5cccnc5c4n3)c3ccccc23)cc(-c2cccc3c2oc2ccccc23)c1. The molecule has 7 aromatic carbocycles. The maximum absolute atomic E-state index is 6.43. The van der Waals surface area contributed by atoms with Crippen molar-refractivity contribution in [2.45, 2.75) is 0 Å². The van der Waals surface area contributed by atoms with Gasteiger partial charge < -0.3 is 4.42 Å². The van der Waals surface area contributed by atoms with Crippen LogP contribution in [0, 0.1) is 0 Å². The van der Waals surface area contributed by atoms with Gasteiger partial charge >= 0.3 is 0 Å². The molecule has 0 radical (unpaired) electrons. The summed E-state index contributed by atoms with van der Waals surface area (Å²) in [5, 5.41) is 9.18. The molecule has 3 aromatic heterocycles. The molecule has 0 aliphatic heterocycles. The monoisotopic (exact) mass is 598 g/mol. The molecular formula is C44H26N2O. The van der Waals surface area contributed by atoms with Crippen LogP contribution < -0.4 is 0 Å². The number of pyridine rings is 2. The summed E-state index contributed by atoms with van der Waals surface area (Å²) >= 11 is 0. The maximum atomic E-state index is 6.43. The Hall–Kier alpha value is -6.32. The molecule has 0 amide bonds. The van der Waals surface area contributed by atoms with E-state index in [1.807, 2.05) is 24.4 Å². The van der Waals surface area contributed by atoms with Crippen LogP contribution in [-0.2, 0) is 0 Å². The minimum atomic E-state index is 0.907. The van der Waals surface area contributed by atoms with Gasteiger partial charge in [-0.05, 0) is 62.5 Å². The highest BCUT2D eigenvalue weighted by atomic mass is 16.3. The van der Waals surface area contributed by atoms with Crippen LogP contribution in [0.2, 0.25) is 0 Å². The van der Waals surface area contributed by atoms with Gasteiger partial charge in [0.1, 0.15) is 11.2 Å². The van der Waals surface area contributed by atoms with Gasteiger partial charge in [-0.2, -0.15) is 0 Å². The Morgan fingerprint density at radius 3 is 1.83 bits per heavy atom. The zero-order valence-corrected chi connectivity index (χ0v) is 25.3. The summed E-state index contributed by atoms with van der Waals surface area (Å²) < 4.78 is 6.43. The molecule has 0 unspecified atom stereocenters. The third-order valence-electron chi connectivity index (χ3n) is 9.49. The van der Waals surface area contributed by atoms with Crippen molar-refractivity contribution >= 4 is 65.3 Å². The lowest BCUT2D eigenvalue weighted by atomic mass is 9.86. The van der Waals surface area contributed by atoms with Crippen molar-refractivity contribution in [3.63, 3.8) is 0 Å². The van der Waals surface area contributed by atoms with Crippen molar-refractivity contribution in [1.29, 1.82) is 0 Å². The fourth-order valence-corrected chi connectivity index (χ4v) is 7.40. The van der Waals surface area contributed by atoms with Gasteiger partial charge in [0.25, 0.3) is 0 Å². The van der Waals surface area contributed by atoms with Gasteiger partial charge in [0.2, 0.25) is 0 Å².